The molecular weight excluding hydrogens is 434 g/mol. The quantitative estimate of drug-likeness (QED) is 0.275. The Labute approximate surface area is 195 Å². The highest BCUT2D eigenvalue weighted by Gasteiger charge is 2.21. The molecular formula is C25H25N5O4. The van der Waals surface area contributed by atoms with Crippen LogP contribution in [0, 0.1) is 0 Å². The van der Waals surface area contributed by atoms with Crippen molar-refractivity contribution in [3.8, 4) is 0 Å². The van der Waals surface area contributed by atoms with Crippen molar-refractivity contribution in [1.82, 2.24) is 15.6 Å². The maximum atomic E-state index is 12.9. The Morgan fingerprint density at radius 3 is 2.38 bits per heavy atom. The summed E-state index contributed by atoms with van der Waals surface area (Å²) in [7, 11) is 0. The van der Waals surface area contributed by atoms with Crippen molar-refractivity contribution in [1.29, 1.82) is 0 Å². The number of nitrogens with one attached hydrogen (secondary N) is 5. The van der Waals surface area contributed by atoms with E-state index in [0.717, 1.165) is 16.5 Å². The second-order valence-corrected chi connectivity index (χ2v) is 7.77. The van der Waals surface area contributed by atoms with Gasteiger partial charge in [0.05, 0.1) is 12.8 Å². The molecule has 0 radical (unpaired) electrons. The molecule has 0 saturated carbocycles. The first-order valence-electron chi connectivity index (χ1n) is 10.8. The van der Waals surface area contributed by atoms with Crippen LogP contribution in [0.1, 0.15) is 18.2 Å². The Bertz CT molecular complexity index is 1280. The van der Waals surface area contributed by atoms with E-state index in [1.165, 1.54) is 6.92 Å². The molecule has 9 nitrogen and oxygen atoms in total. The summed E-state index contributed by atoms with van der Waals surface area (Å²) >= 11 is 0. The molecule has 0 aliphatic rings. The van der Waals surface area contributed by atoms with Gasteiger partial charge in [0.25, 0.3) is 0 Å². The second-order valence-electron chi connectivity index (χ2n) is 7.77. The van der Waals surface area contributed by atoms with Crippen LogP contribution in [0.3, 0.4) is 0 Å². The minimum Gasteiger partial charge on any atom is -0.467 e. The lowest BCUT2D eigenvalue weighted by molar-refractivity contribution is -0.125. The zero-order valence-electron chi connectivity index (χ0n) is 18.6. The van der Waals surface area contributed by atoms with Crippen LogP contribution >= 0.6 is 0 Å². The van der Waals surface area contributed by atoms with Gasteiger partial charge in [-0.05, 0) is 48.0 Å². The Morgan fingerprint density at radius 1 is 0.941 bits per heavy atom. The van der Waals surface area contributed by atoms with E-state index in [4.69, 9.17) is 4.42 Å². The summed E-state index contributed by atoms with van der Waals surface area (Å²) in [5, 5.41) is 12.0. The summed E-state index contributed by atoms with van der Waals surface area (Å²) in [6.45, 7) is 1.65. The summed E-state index contributed by atoms with van der Waals surface area (Å²) in [6, 6.07) is 16.9. The van der Waals surface area contributed by atoms with E-state index < -0.39 is 6.04 Å². The SMILES string of the molecule is CC(=O)N[C@H](Cc1c[nH]c2ccccc12)C(=O)Nc1ccc(NC(=O)NCc2ccco2)cc1. The monoisotopic (exact) mass is 459 g/mol. The summed E-state index contributed by atoms with van der Waals surface area (Å²) in [6.07, 6.45) is 3.73. The van der Waals surface area contributed by atoms with Crippen LogP contribution in [-0.4, -0.2) is 28.9 Å². The third kappa shape index (κ3) is 5.83. The fourth-order valence-corrected chi connectivity index (χ4v) is 3.60. The maximum absolute atomic E-state index is 12.9. The van der Waals surface area contributed by atoms with Gasteiger partial charge in [-0.25, -0.2) is 4.79 Å². The van der Waals surface area contributed by atoms with Crippen molar-refractivity contribution >= 4 is 40.1 Å². The summed E-state index contributed by atoms with van der Waals surface area (Å²) < 4.78 is 5.17. The third-order valence-corrected chi connectivity index (χ3v) is 5.21. The molecule has 0 spiro atoms. The highest BCUT2D eigenvalue weighted by atomic mass is 16.3. The van der Waals surface area contributed by atoms with Gasteiger partial charge in [0.2, 0.25) is 11.8 Å². The average Bonchev–Trinajstić information content (AvgIpc) is 3.49. The molecule has 4 amide bonds. The molecule has 174 valence electrons. The largest absolute Gasteiger partial charge is 0.467 e. The number of aromatic nitrogens is 1. The smallest absolute Gasteiger partial charge is 0.319 e. The summed E-state index contributed by atoms with van der Waals surface area (Å²) in [5.74, 6) is 0.0204. The molecule has 0 aliphatic heterocycles. The molecule has 0 bridgehead atoms. The standard InChI is InChI=1S/C25H25N5O4/c1-16(31)28-23(13-17-14-26-22-7-3-2-6-21(17)22)24(32)29-18-8-10-19(11-9-18)30-25(33)27-15-20-5-4-12-34-20/h2-12,14,23,26H,13,15H2,1H3,(H,28,31)(H,29,32)(H2,27,30,33)/t23-/m1/s1. The number of carbonyl (C=O) groups is 3. The molecule has 9 heteroatoms. The van der Waals surface area contributed by atoms with Crippen LogP contribution in [0.15, 0.2) is 77.5 Å². The number of benzene rings is 2. The maximum Gasteiger partial charge on any atom is 0.319 e. The Kier molecular flexibility index (Phi) is 6.92. The molecule has 1 atom stereocenters. The Hall–Kier alpha value is -4.53. The molecule has 4 aromatic rings. The molecule has 2 aromatic heterocycles. The lowest BCUT2D eigenvalue weighted by Gasteiger charge is -2.18. The van der Waals surface area contributed by atoms with Crippen LogP contribution in [0.4, 0.5) is 16.2 Å². The Balaban J connectivity index is 1.36. The first kappa shape index (κ1) is 22.7. The molecule has 0 aliphatic carbocycles. The van der Waals surface area contributed by atoms with Gasteiger partial charge in [0.15, 0.2) is 0 Å². The fraction of sp³-hybridized carbons (Fsp3) is 0.160. The van der Waals surface area contributed by atoms with Gasteiger partial charge in [-0.15, -0.1) is 0 Å². The lowest BCUT2D eigenvalue weighted by Crippen LogP contribution is -2.44. The van der Waals surface area contributed by atoms with E-state index in [2.05, 4.69) is 26.3 Å². The van der Waals surface area contributed by atoms with Gasteiger partial charge in [0.1, 0.15) is 11.8 Å². The molecule has 0 fully saturated rings. The van der Waals surface area contributed by atoms with Crippen LogP contribution in [0.5, 0.6) is 0 Å². The number of carbonyl (C=O) groups excluding carboxylic acids is 3. The van der Waals surface area contributed by atoms with Crippen LogP contribution in [0.25, 0.3) is 10.9 Å². The number of rotatable bonds is 8. The number of amides is 4. The number of aromatic amines is 1. The van der Waals surface area contributed by atoms with E-state index in [1.807, 2.05) is 30.5 Å². The minimum atomic E-state index is -0.748. The zero-order chi connectivity index (χ0) is 23.9. The summed E-state index contributed by atoms with van der Waals surface area (Å²) in [4.78, 5) is 39.9. The van der Waals surface area contributed by atoms with Crippen molar-refractivity contribution in [3.05, 3.63) is 84.4 Å². The van der Waals surface area contributed by atoms with Crippen molar-refractivity contribution in [2.75, 3.05) is 10.6 Å². The highest BCUT2D eigenvalue weighted by molar-refractivity contribution is 5.98. The zero-order valence-corrected chi connectivity index (χ0v) is 18.6. The van der Waals surface area contributed by atoms with Gasteiger partial charge in [0, 0.05) is 41.8 Å². The Morgan fingerprint density at radius 2 is 1.68 bits per heavy atom. The third-order valence-electron chi connectivity index (χ3n) is 5.21. The number of fused-ring (bicyclic) bond motifs is 1. The van der Waals surface area contributed by atoms with E-state index in [1.54, 1.807) is 42.7 Å². The highest BCUT2D eigenvalue weighted by Crippen LogP contribution is 2.20. The number of hydrogen-bond donors (Lipinski definition) is 5. The van der Waals surface area contributed by atoms with Crippen molar-refractivity contribution in [3.63, 3.8) is 0 Å². The molecule has 2 heterocycles. The van der Waals surface area contributed by atoms with Crippen LogP contribution < -0.4 is 21.3 Å². The number of H-pyrrole nitrogens is 1. The number of furan rings is 1. The second kappa shape index (κ2) is 10.4. The molecule has 0 saturated heterocycles. The average molecular weight is 460 g/mol. The van der Waals surface area contributed by atoms with Gasteiger partial charge in [-0.1, -0.05) is 18.2 Å². The first-order valence-corrected chi connectivity index (χ1v) is 10.8. The number of anilines is 2. The van der Waals surface area contributed by atoms with Gasteiger partial charge in [-0.3, -0.25) is 9.59 Å². The van der Waals surface area contributed by atoms with Crippen molar-refractivity contribution in [2.24, 2.45) is 0 Å². The normalized spacial score (nSPS) is 11.6. The summed E-state index contributed by atoms with van der Waals surface area (Å²) in [5.41, 5.74) is 3.01. The van der Waals surface area contributed by atoms with Crippen LogP contribution in [0.2, 0.25) is 0 Å². The van der Waals surface area contributed by atoms with Gasteiger partial charge < -0.3 is 30.7 Å². The molecule has 0 unspecified atom stereocenters. The minimum absolute atomic E-state index is 0.272. The number of urea groups is 1. The van der Waals surface area contributed by atoms with Gasteiger partial charge >= 0.3 is 6.03 Å². The van der Waals surface area contributed by atoms with Crippen molar-refractivity contribution < 1.29 is 18.8 Å². The number of para-hydroxylation sites is 1. The molecule has 2 aromatic carbocycles. The molecule has 34 heavy (non-hydrogen) atoms. The molecule has 5 N–H and O–H groups in total. The molecule has 4 rings (SSSR count). The lowest BCUT2D eigenvalue weighted by atomic mass is 10.0. The van der Waals surface area contributed by atoms with Gasteiger partial charge in [-0.2, -0.15) is 0 Å². The van der Waals surface area contributed by atoms with Crippen molar-refractivity contribution in [2.45, 2.75) is 25.9 Å². The topological polar surface area (TPSA) is 128 Å². The first-order chi connectivity index (χ1) is 16.5. The predicted octanol–water partition coefficient (Wildman–Crippen LogP) is 3.77. The fourth-order valence-electron chi connectivity index (χ4n) is 3.60. The van der Waals surface area contributed by atoms with E-state index in [-0.39, 0.29) is 24.4 Å². The van der Waals surface area contributed by atoms with Crippen LogP contribution in [-0.2, 0) is 22.6 Å². The van der Waals surface area contributed by atoms with E-state index in [9.17, 15) is 14.4 Å². The predicted molar refractivity (Wildman–Crippen MR) is 129 cm³/mol. The number of hydrogen-bond acceptors (Lipinski definition) is 4. The van der Waals surface area contributed by atoms with E-state index >= 15 is 0 Å². The van der Waals surface area contributed by atoms with E-state index in [0.29, 0.717) is 23.6 Å².